The van der Waals surface area contributed by atoms with Gasteiger partial charge in [-0.15, -0.1) is 0 Å². The van der Waals surface area contributed by atoms with Gasteiger partial charge < -0.3 is 0 Å². The molecule has 0 aromatic rings. The van der Waals surface area contributed by atoms with Crippen molar-refractivity contribution in [3.63, 3.8) is 0 Å². The van der Waals surface area contributed by atoms with Crippen molar-refractivity contribution in [1.82, 2.24) is 4.90 Å². The smallest absolute Gasteiger partial charge is 0.0124 e. The van der Waals surface area contributed by atoms with E-state index in [9.17, 15) is 0 Å². The molecule has 3 atom stereocenters. The maximum absolute atomic E-state index is 3.60. The summed E-state index contributed by atoms with van der Waals surface area (Å²) < 4.78 is 0. The number of piperidine rings is 1. The molecule has 0 aromatic heterocycles. The van der Waals surface area contributed by atoms with Gasteiger partial charge in [0.25, 0.3) is 0 Å². The van der Waals surface area contributed by atoms with E-state index in [0.29, 0.717) is 0 Å². The Hall–Kier alpha value is 0.440. The van der Waals surface area contributed by atoms with Crippen LogP contribution in [0.1, 0.15) is 45.4 Å². The molecule has 0 bridgehead atoms. The van der Waals surface area contributed by atoms with E-state index in [2.05, 4.69) is 27.8 Å². The fourth-order valence-electron chi connectivity index (χ4n) is 3.40. The van der Waals surface area contributed by atoms with Crippen LogP contribution in [0, 0.1) is 11.8 Å². The summed E-state index contributed by atoms with van der Waals surface area (Å²) in [6.45, 7) is 5.03. The highest BCUT2D eigenvalue weighted by molar-refractivity contribution is 9.09. The summed E-state index contributed by atoms with van der Waals surface area (Å²) in [7, 11) is 0. The van der Waals surface area contributed by atoms with Crippen LogP contribution in [-0.4, -0.2) is 29.4 Å². The lowest BCUT2D eigenvalue weighted by Gasteiger charge is -2.45. The van der Waals surface area contributed by atoms with E-state index in [4.69, 9.17) is 0 Å². The largest absolute Gasteiger partial charge is 0.300 e. The van der Waals surface area contributed by atoms with Crippen LogP contribution in [-0.2, 0) is 0 Å². The van der Waals surface area contributed by atoms with Crippen molar-refractivity contribution in [2.45, 2.75) is 51.5 Å². The van der Waals surface area contributed by atoms with E-state index in [1.807, 2.05) is 0 Å². The summed E-state index contributed by atoms with van der Waals surface area (Å²) in [6, 6.07) is 0.939. The number of fused-ring (bicyclic) bond motifs is 1. The first kappa shape index (κ1) is 11.9. The number of likely N-dealkylation sites (tertiary alicyclic amines) is 1. The Morgan fingerprint density at radius 2 is 1.93 bits per heavy atom. The predicted molar refractivity (Wildman–Crippen MR) is 69.5 cm³/mol. The third-order valence-electron chi connectivity index (χ3n) is 4.17. The average molecular weight is 274 g/mol. The third-order valence-corrected chi connectivity index (χ3v) is 5.27. The maximum Gasteiger partial charge on any atom is 0.0124 e. The van der Waals surface area contributed by atoms with Crippen molar-refractivity contribution >= 4 is 15.9 Å². The van der Waals surface area contributed by atoms with Gasteiger partial charge >= 0.3 is 0 Å². The highest BCUT2D eigenvalue weighted by Gasteiger charge is 2.33. The van der Waals surface area contributed by atoms with Gasteiger partial charge in [-0.05, 0) is 44.1 Å². The molecule has 88 valence electrons. The van der Waals surface area contributed by atoms with Crippen molar-refractivity contribution in [3.05, 3.63) is 0 Å². The van der Waals surface area contributed by atoms with E-state index in [-0.39, 0.29) is 0 Å². The van der Waals surface area contributed by atoms with E-state index in [1.54, 1.807) is 0 Å². The maximum atomic E-state index is 3.60. The second kappa shape index (κ2) is 5.67. The summed E-state index contributed by atoms with van der Waals surface area (Å²) >= 11 is 3.60. The van der Waals surface area contributed by atoms with Gasteiger partial charge in [0, 0.05) is 17.9 Å². The van der Waals surface area contributed by atoms with E-state index in [1.165, 1.54) is 51.6 Å². The molecule has 2 rings (SSSR count). The molecule has 1 saturated carbocycles. The molecule has 2 fully saturated rings. The first-order valence-electron chi connectivity index (χ1n) is 6.61. The molecular formula is C13H24BrN. The number of alkyl halides is 1. The predicted octanol–water partition coefficient (Wildman–Crippen LogP) is 3.67. The van der Waals surface area contributed by atoms with Crippen LogP contribution in [0.4, 0.5) is 0 Å². The Bertz CT molecular complexity index is 193. The van der Waals surface area contributed by atoms with E-state index < -0.39 is 0 Å². The van der Waals surface area contributed by atoms with Gasteiger partial charge in [-0.25, -0.2) is 0 Å². The second-order valence-electron chi connectivity index (χ2n) is 5.51. The van der Waals surface area contributed by atoms with Crippen LogP contribution >= 0.6 is 15.9 Å². The monoisotopic (exact) mass is 273 g/mol. The van der Waals surface area contributed by atoms with E-state index in [0.717, 1.165) is 23.2 Å². The van der Waals surface area contributed by atoms with Gasteiger partial charge in [0.1, 0.15) is 0 Å². The molecule has 3 unspecified atom stereocenters. The van der Waals surface area contributed by atoms with Crippen molar-refractivity contribution in [2.24, 2.45) is 11.8 Å². The standard InChI is InChI=1S/C13H24BrN/c1-11(9-14)10-15-8-4-6-12-5-2-3-7-13(12)15/h11-13H,2-10H2,1H3. The quantitative estimate of drug-likeness (QED) is 0.710. The lowest BCUT2D eigenvalue weighted by molar-refractivity contribution is 0.0525. The highest BCUT2D eigenvalue weighted by Crippen LogP contribution is 2.35. The lowest BCUT2D eigenvalue weighted by Crippen LogP contribution is -2.48. The first-order chi connectivity index (χ1) is 7.31. The van der Waals surface area contributed by atoms with Gasteiger partial charge in [-0.3, -0.25) is 4.90 Å². The summed E-state index contributed by atoms with van der Waals surface area (Å²) in [4.78, 5) is 2.79. The van der Waals surface area contributed by atoms with Gasteiger partial charge in [-0.2, -0.15) is 0 Å². The van der Waals surface area contributed by atoms with Crippen molar-refractivity contribution in [2.75, 3.05) is 18.4 Å². The lowest BCUT2D eigenvalue weighted by atomic mass is 9.78. The van der Waals surface area contributed by atoms with Crippen LogP contribution in [0.5, 0.6) is 0 Å². The van der Waals surface area contributed by atoms with Gasteiger partial charge in [0.15, 0.2) is 0 Å². The molecule has 0 N–H and O–H groups in total. The fraction of sp³-hybridized carbons (Fsp3) is 1.00. The number of rotatable bonds is 3. The van der Waals surface area contributed by atoms with Gasteiger partial charge in [-0.1, -0.05) is 35.7 Å². The van der Waals surface area contributed by atoms with Crippen LogP contribution in [0.3, 0.4) is 0 Å². The van der Waals surface area contributed by atoms with Crippen molar-refractivity contribution < 1.29 is 0 Å². The topological polar surface area (TPSA) is 3.24 Å². The molecule has 1 heterocycles. The van der Waals surface area contributed by atoms with Crippen LogP contribution in [0.2, 0.25) is 0 Å². The third kappa shape index (κ3) is 2.97. The molecular weight excluding hydrogens is 250 g/mol. The van der Waals surface area contributed by atoms with Crippen LogP contribution < -0.4 is 0 Å². The molecule has 1 aliphatic heterocycles. The van der Waals surface area contributed by atoms with Crippen molar-refractivity contribution in [1.29, 1.82) is 0 Å². The Labute approximate surface area is 103 Å². The summed E-state index contributed by atoms with van der Waals surface area (Å²) in [6.07, 6.45) is 8.88. The Kier molecular flexibility index (Phi) is 4.51. The highest BCUT2D eigenvalue weighted by atomic mass is 79.9. The molecule has 0 radical (unpaired) electrons. The summed E-state index contributed by atoms with van der Waals surface area (Å²) in [5.41, 5.74) is 0. The van der Waals surface area contributed by atoms with Crippen LogP contribution in [0.25, 0.3) is 0 Å². The minimum absolute atomic E-state index is 0.811. The van der Waals surface area contributed by atoms with E-state index >= 15 is 0 Å². The zero-order valence-corrected chi connectivity index (χ0v) is 11.5. The zero-order valence-electron chi connectivity index (χ0n) is 9.92. The number of hydrogen-bond donors (Lipinski definition) is 0. The normalized spacial score (nSPS) is 34.8. The molecule has 0 amide bonds. The number of halogens is 1. The Morgan fingerprint density at radius 3 is 2.73 bits per heavy atom. The molecule has 0 aromatic carbocycles. The van der Waals surface area contributed by atoms with Crippen LogP contribution in [0.15, 0.2) is 0 Å². The molecule has 2 heteroatoms. The molecule has 1 saturated heterocycles. The van der Waals surface area contributed by atoms with Gasteiger partial charge in [0.05, 0.1) is 0 Å². The summed E-state index contributed by atoms with van der Waals surface area (Å²) in [5.74, 6) is 1.85. The molecule has 0 spiro atoms. The SMILES string of the molecule is CC(CBr)CN1CCCC2CCCCC21. The molecule has 1 nitrogen and oxygen atoms in total. The zero-order chi connectivity index (χ0) is 10.7. The van der Waals surface area contributed by atoms with Gasteiger partial charge in [0.2, 0.25) is 0 Å². The Balaban J connectivity index is 1.91. The minimum atomic E-state index is 0.811. The fourth-order valence-corrected chi connectivity index (χ4v) is 3.61. The molecule has 1 aliphatic carbocycles. The Morgan fingerprint density at radius 1 is 1.20 bits per heavy atom. The number of nitrogens with zero attached hydrogens (tertiary/aromatic N) is 1. The average Bonchev–Trinajstić information content (AvgIpc) is 2.29. The van der Waals surface area contributed by atoms with Crippen molar-refractivity contribution in [3.8, 4) is 0 Å². The number of hydrogen-bond acceptors (Lipinski definition) is 1. The summed E-state index contributed by atoms with van der Waals surface area (Å²) in [5, 5.41) is 1.15. The second-order valence-corrected chi connectivity index (χ2v) is 6.16. The molecule has 15 heavy (non-hydrogen) atoms. The minimum Gasteiger partial charge on any atom is -0.300 e. The first-order valence-corrected chi connectivity index (χ1v) is 7.73. The molecule has 2 aliphatic rings.